The molecule has 0 radical (unpaired) electrons. The van der Waals surface area contributed by atoms with Gasteiger partial charge in [0.2, 0.25) is 0 Å². The minimum absolute atomic E-state index is 0. The van der Waals surface area contributed by atoms with Gasteiger partial charge in [-0.25, -0.2) is 4.98 Å². The fourth-order valence-electron chi connectivity index (χ4n) is 3.94. The van der Waals surface area contributed by atoms with Crippen molar-refractivity contribution in [3.05, 3.63) is 112 Å². The predicted octanol–water partition coefficient (Wildman–Crippen LogP) is 5.39. The molecule has 5 rings (SSSR count). The maximum absolute atomic E-state index is 12.8. The molecule has 0 aliphatic rings. The van der Waals surface area contributed by atoms with Crippen LogP contribution in [-0.4, -0.2) is 32.5 Å². The number of fused-ring (bicyclic) bond motifs is 1. The molecule has 37 heavy (non-hydrogen) atoms. The molecule has 0 fully saturated rings. The van der Waals surface area contributed by atoms with Crippen molar-refractivity contribution in [1.82, 2.24) is 15.0 Å². The molecule has 1 amide bonds. The Kier molecular flexibility index (Phi) is 7.93. The number of pyridine rings is 1. The zero-order chi connectivity index (χ0) is 25.1. The summed E-state index contributed by atoms with van der Waals surface area (Å²) in [6.45, 7) is 0.196. The number of aliphatic hydroxyl groups is 1. The van der Waals surface area contributed by atoms with Crippen LogP contribution in [-0.2, 0) is 0 Å². The lowest BCUT2D eigenvalue weighted by Gasteiger charge is -2.14. The molecule has 3 aromatic carbocycles. The van der Waals surface area contributed by atoms with E-state index in [1.54, 1.807) is 42.5 Å². The van der Waals surface area contributed by atoms with Crippen molar-refractivity contribution in [2.24, 2.45) is 0 Å². The van der Waals surface area contributed by atoms with Crippen molar-refractivity contribution < 1.29 is 9.90 Å². The molecule has 0 spiro atoms. The zero-order valence-electron chi connectivity index (χ0n) is 19.4. The molecule has 0 bridgehead atoms. The minimum atomic E-state index is -0.762. The van der Waals surface area contributed by atoms with E-state index in [9.17, 15) is 14.7 Å². The predicted molar refractivity (Wildman–Crippen MR) is 149 cm³/mol. The minimum Gasteiger partial charge on any atom is -0.387 e. The number of hydrogen-bond acceptors (Lipinski definition) is 5. The first-order valence-corrected chi connectivity index (χ1v) is 11.6. The maximum atomic E-state index is 12.8. The maximum Gasteiger partial charge on any atom is 0.261 e. The number of amides is 1. The van der Waals surface area contributed by atoms with E-state index in [1.807, 2.05) is 36.4 Å². The standard InChI is InChI=1S/C27H22ClN5O3.ClH/c28-18-9-4-8-17(14-18)26(35)32-21-11-5-10-20-24(21)33-25(31-20)23-19(12-13-29-27(23)36)30-15-22(34)16-6-2-1-3-7-16;/h1-14,22,34H,15H2,(H,31,33)(H,32,35)(H2,29,30,36);1H/t22-;/m1./s1. The number of H-pyrrole nitrogens is 2. The molecule has 5 aromatic rings. The van der Waals surface area contributed by atoms with Gasteiger partial charge in [-0.15, -0.1) is 12.4 Å². The molecule has 2 heterocycles. The van der Waals surface area contributed by atoms with Crippen molar-refractivity contribution in [2.75, 3.05) is 17.2 Å². The lowest BCUT2D eigenvalue weighted by Crippen LogP contribution is -2.17. The molecule has 1 atom stereocenters. The number of imidazole rings is 1. The fourth-order valence-corrected chi connectivity index (χ4v) is 4.13. The average Bonchev–Trinajstić information content (AvgIpc) is 3.32. The van der Waals surface area contributed by atoms with Gasteiger partial charge in [-0.3, -0.25) is 9.59 Å². The van der Waals surface area contributed by atoms with Gasteiger partial charge in [0.25, 0.3) is 11.5 Å². The molecular weight excluding hydrogens is 513 g/mol. The smallest absolute Gasteiger partial charge is 0.261 e. The molecule has 0 aliphatic heterocycles. The van der Waals surface area contributed by atoms with E-state index in [2.05, 4.69) is 25.6 Å². The van der Waals surface area contributed by atoms with Crippen molar-refractivity contribution in [2.45, 2.75) is 6.10 Å². The van der Waals surface area contributed by atoms with Crippen LogP contribution >= 0.6 is 24.0 Å². The van der Waals surface area contributed by atoms with Crippen LogP contribution in [0.15, 0.2) is 89.9 Å². The average molecular weight is 536 g/mol. The van der Waals surface area contributed by atoms with Crippen molar-refractivity contribution in [3.63, 3.8) is 0 Å². The number of rotatable bonds is 7. The Balaban J connectivity index is 0.00000320. The summed E-state index contributed by atoms with van der Waals surface area (Å²) in [4.78, 5) is 36.1. The Bertz CT molecular complexity index is 1600. The van der Waals surface area contributed by atoms with Crippen LogP contribution in [0.1, 0.15) is 22.0 Å². The van der Waals surface area contributed by atoms with E-state index in [0.717, 1.165) is 5.56 Å². The summed E-state index contributed by atoms with van der Waals surface area (Å²) < 4.78 is 0. The van der Waals surface area contributed by atoms with Gasteiger partial charge >= 0.3 is 0 Å². The third-order valence-electron chi connectivity index (χ3n) is 5.72. The topological polar surface area (TPSA) is 123 Å². The summed E-state index contributed by atoms with van der Waals surface area (Å²) in [5.74, 6) is -0.00244. The fraction of sp³-hybridized carbons (Fsp3) is 0.0741. The highest BCUT2D eigenvalue weighted by molar-refractivity contribution is 6.31. The monoisotopic (exact) mass is 535 g/mol. The Morgan fingerprint density at radius 2 is 1.78 bits per heavy atom. The van der Waals surface area contributed by atoms with Gasteiger partial charge in [0, 0.05) is 23.3 Å². The number of para-hydroxylation sites is 1. The summed E-state index contributed by atoms with van der Waals surface area (Å²) >= 11 is 6.02. The first kappa shape index (κ1) is 26.0. The summed E-state index contributed by atoms with van der Waals surface area (Å²) in [7, 11) is 0. The van der Waals surface area contributed by atoms with E-state index in [0.29, 0.717) is 44.4 Å². The third kappa shape index (κ3) is 5.67. The normalized spacial score (nSPS) is 11.5. The number of nitrogens with zero attached hydrogens (tertiary/aromatic N) is 1. The van der Waals surface area contributed by atoms with E-state index in [4.69, 9.17) is 11.6 Å². The second-order valence-electron chi connectivity index (χ2n) is 8.15. The number of anilines is 2. The number of carbonyl (C=O) groups is 1. The van der Waals surface area contributed by atoms with Gasteiger partial charge in [-0.05, 0) is 42.0 Å². The summed E-state index contributed by atoms with van der Waals surface area (Å²) in [6.07, 6.45) is 0.768. The van der Waals surface area contributed by atoms with E-state index < -0.39 is 6.10 Å². The van der Waals surface area contributed by atoms with Crippen LogP contribution in [0.5, 0.6) is 0 Å². The van der Waals surface area contributed by atoms with Crippen LogP contribution in [0, 0.1) is 0 Å². The summed E-state index contributed by atoms with van der Waals surface area (Å²) in [5.41, 5.74) is 3.27. The summed E-state index contributed by atoms with van der Waals surface area (Å²) in [5, 5.41) is 17.0. The van der Waals surface area contributed by atoms with E-state index >= 15 is 0 Å². The Morgan fingerprint density at radius 1 is 1.00 bits per heavy atom. The lowest BCUT2D eigenvalue weighted by atomic mass is 10.1. The molecular formula is C27H23Cl2N5O3. The highest BCUT2D eigenvalue weighted by Gasteiger charge is 2.18. The van der Waals surface area contributed by atoms with Crippen LogP contribution in [0.2, 0.25) is 5.02 Å². The van der Waals surface area contributed by atoms with Gasteiger partial charge in [-0.2, -0.15) is 0 Å². The Hall–Kier alpha value is -4.11. The summed E-state index contributed by atoms with van der Waals surface area (Å²) in [6, 6.07) is 23.0. The number of aromatic nitrogens is 3. The zero-order valence-corrected chi connectivity index (χ0v) is 20.9. The molecule has 2 aromatic heterocycles. The Morgan fingerprint density at radius 3 is 2.57 bits per heavy atom. The number of hydrogen-bond donors (Lipinski definition) is 5. The van der Waals surface area contributed by atoms with Crippen LogP contribution < -0.4 is 16.2 Å². The highest BCUT2D eigenvalue weighted by atomic mass is 35.5. The highest BCUT2D eigenvalue weighted by Crippen LogP contribution is 2.28. The number of aliphatic hydroxyl groups excluding tert-OH is 1. The largest absolute Gasteiger partial charge is 0.387 e. The van der Waals surface area contributed by atoms with Crippen molar-refractivity contribution >= 4 is 52.3 Å². The van der Waals surface area contributed by atoms with Crippen LogP contribution in [0.4, 0.5) is 11.4 Å². The molecule has 5 N–H and O–H groups in total. The molecule has 10 heteroatoms. The van der Waals surface area contributed by atoms with Crippen molar-refractivity contribution in [3.8, 4) is 11.4 Å². The molecule has 0 aliphatic carbocycles. The molecule has 188 valence electrons. The van der Waals surface area contributed by atoms with Gasteiger partial charge in [0.05, 0.1) is 23.0 Å². The van der Waals surface area contributed by atoms with Crippen molar-refractivity contribution in [1.29, 1.82) is 0 Å². The molecule has 0 unspecified atom stereocenters. The number of nitrogens with one attached hydrogen (secondary N) is 4. The quantitative estimate of drug-likeness (QED) is 0.191. The van der Waals surface area contributed by atoms with Gasteiger partial charge in [0.1, 0.15) is 16.9 Å². The van der Waals surface area contributed by atoms with Gasteiger partial charge < -0.3 is 25.7 Å². The second-order valence-corrected chi connectivity index (χ2v) is 8.59. The first-order chi connectivity index (χ1) is 17.5. The van der Waals surface area contributed by atoms with E-state index in [-0.39, 0.29) is 30.4 Å². The molecule has 0 saturated heterocycles. The SMILES string of the molecule is Cl.O=C(Nc1cccc2[nH]c(-c3c(NC[C@@H](O)c4ccccc4)cc[nH]c3=O)nc12)c1cccc(Cl)c1. The molecule has 8 nitrogen and oxygen atoms in total. The van der Waals surface area contributed by atoms with Gasteiger partial charge in [0.15, 0.2) is 0 Å². The number of halogens is 2. The second kappa shape index (κ2) is 11.3. The number of benzene rings is 3. The lowest BCUT2D eigenvalue weighted by molar-refractivity contribution is 0.102. The Labute approximate surface area is 223 Å². The number of aromatic amines is 2. The molecule has 0 saturated carbocycles. The van der Waals surface area contributed by atoms with E-state index in [1.165, 1.54) is 6.20 Å². The van der Waals surface area contributed by atoms with Crippen LogP contribution in [0.3, 0.4) is 0 Å². The number of carbonyl (C=O) groups excluding carboxylic acids is 1. The first-order valence-electron chi connectivity index (χ1n) is 11.2. The van der Waals surface area contributed by atoms with Gasteiger partial charge in [-0.1, -0.05) is 54.1 Å². The van der Waals surface area contributed by atoms with Crippen LogP contribution in [0.25, 0.3) is 22.4 Å². The third-order valence-corrected chi connectivity index (χ3v) is 5.95.